The van der Waals surface area contributed by atoms with Crippen LogP contribution in [0.15, 0.2) is 59.6 Å². The molecule has 0 atom stereocenters. The van der Waals surface area contributed by atoms with Crippen molar-refractivity contribution in [2.75, 3.05) is 0 Å². The van der Waals surface area contributed by atoms with Crippen molar-refractivity contribution in [1.29, 1.82) is 0 Å². The highest BCUT2D eigenvalue weighted by molar-refractivity contribution is 6.52. The normalized spacial score (nSPS) is 15.6. The van der Waals surface area contributed by atoms with Crippen LogP contribution in [0.3, 0.4) is 0 Å². The second-order valence-corrected chi connectivity index (χ2v) is 4.58. The lowest BCUT2D eigenvalue weighted by Crippen LogP contribution is -2.17. The number of hydrogen-bond acceptors (Lipinski definition) is 2. The number of ketones is 1. The van der Waals surface area contributed by atoms with Crippen molar-refractivity contribution < 1.29 is 4.79 Å². The number of aryl methyl sites for hydroxylation is 1. The van der Waals surface area contributed by atoms with E-state index in [9.17, 15) is 4.79 Å². The fourth-order valence-corrected chi connectivity index (χ4v) is 2.10. The highest BCUT2D eigenvalue weighted by Crippen LogP contribution is 2.21. The molecule has 0 heterocycles. The molecule has 0 unspecified atom stereocenters. The summed E-state index contributed by atoms with van der Waals surface area (Å²) in [6, 6.07) is 15.7. The number of nitrogens with zero attached hydrogens (tertiary/aromatic N) is 1. The summed E-state index contributed by atoms with van der Waals surface area (Å²) in [5.41, 5.74) is 4.43. The molecule has 0 spiro atoms. The molecule has 19 heavy (non-hydrogen) atoms. The first-order valence-corrected chi connectivity index (χ1v) is 6.21. The molecule has 0 amide bonds. The van der Waals surface area contributed by atoms with Crippen LogP contribution in [0.5, 0.6) is 0 Å². The zero-order valence-corrected chi connectivity index (χ0v) is 10.6. The molecule has 0 aliphatic heterocycles. The minimum Gasteiger partial charge on any atom is -0.288 e. The first-order valence-electron chi connectivity index (χ1n) is 6.21. The average molecular weight is 247 g/mol. The molecular formula is C17H13NO. The summed E-state index contributed by atoms with van der Waals surface area (Å²) in [6.45, 7) is 2.03. The number of benzene rings is 2. The number of allylic oxidation sites excluding steroid dienone is 1. The fourth-order valence-electron chi connectivity index (χ4n) is 2.10. The Morgan fingerprint density at radius 2 is 1.63 bits per heavy atom. The van der Waals surface area contributed by atoms with Crippen LogP contribution >= 0.6 is 0 Å². The fraction of sp³-hybridized carbons (Fsp3) is 0.0588. The third-order valence-corrected chi connectivity index (χ3v) is 3.14. The van der Waals surface area contributed by atoms with Gasteiger partial charge in [-0.25, -0.2) is 4.99 Å². The molecule has 2 heteroatoms. The minimum absolute atomic E-state index is 0.0423. The van der Waals surface area contributed by atoms with Crippen molar-refractivity contribution in [3.05, 3.63) is 71.3 Å². The number of aliphatic imine (C=N–C) groups is 1. The van der Waals surface area contributed by atoms with Crippen LogP contribution in [0, 0.1) is 6.92 Å². The molecule has 2 aromatic rings. The van der Waals surface area contributed by atoms with Crippen LogP contribution in [0.25, 0.3) is 6.08 Å². The SMILES string of the molecule is Cc1ccc(N=C2C(=O)C=Cc3ccccc32)cc1. The van der Waals surface area contributed by atoms with Crippen molar-refractivity contribution in [2.45, 2.75) is 6.92 Å². The molecule has 0 N–H and O–H groups in total. The highest BCUT2D eigenvalue weighted by atomic mass is 16.1. The number of carbonyl (C=O) groups excluding carboxylic acids is 1. The van der Waals surface area contributed by atoms with Crippen molar-refractivity contribution in [1.82, 2.24) is 0 Å². The maximum Gasteiger partial charge on any atom is 0.204 e. The second-order valence-electron chi connectivity index (χ2n) is 4.58. The highest BCUT2D eigenvalue weighted by Gasteiger charge is 2.18. The Bertz CT molecular complexity index is 693. The Morgan fingerprint density at radius 3 is 2.42 bits per heavy atom. The molecular weight excluding hydrogens is 234 g/mol. The van der Waals surface area contributed by atoms with E-state index >= 15 is 0 Å². The molecule has 1 aliphatic rings. The predicted octanol–water partition coefficient (Wildman–Crippen LogP) is 3.71. The first kappa shape index (κ1) is 11.6. The van der Waals surface area contributed by atoms with Gasteiger partial charge in [0.25, 0.3) is 0 Å². The lowest BCUT2D eigenvalue weighted by atomic mass is 9.94. The van der Waals surface area contributed by atoms with Crippen LogP contribution in [0.2, 0.25) is 0 Å². The maximum absolute atomic E-state index is 12.0. The monoisotopic (exact) mass is 247 g/mol. The third-order valence-electron chi connectivity index (χ3n) is 3.14. The van der Waals surface area contributed by atoms with Crippen LogP contribution in [-0.2, 0) is 4.79 Å². The second kappa shape index (κ2) is 4.65. The Morgan fingerprint density at radius 1 is 0.895 bits per heavy atom. The van der Waals surface area contributed by atoms with Crippen LogP contribution in [0.4, 0.5) is 5.69 Å². The molecule has 3 rings (SSSR count). The summed E-state index contributed by atoms with van der Waals surface area (Å²) in [5.74, 6) is -0.0423. The lowest BCUT2D eigenvalue weighted by molar-refractivity contribution is -0.108. The zero-order valence-electron chi connectivity index (χ0n) is 10.6. The van der Waals surface area contributed by atoms with Gasteiger partial charge in [-0.1, -0.05) is 48.0 Å². The standard InChI is InChI=1S/C17H13NO/c1-12-6-9-14(10-7-12)18-17-15-5-3-2-4-13(15)8-11-16(17)19/h2-11H,1H3. The van der Waals surface area contributed by atoms with Crippen LogP contribution < -0.4 is 0 Å². The van der Waals surface area contributed by atoms with E-state index in [0.29, 0.717) is 5.71 Å². The molecule has 0 saturated carbocycles. The van der Waals surface area contributed by atoms with Crippen molar-refractivity contribution in [3.63, 3.8) is 0 Å². The van der Waals surface area contributed by atoms with Crippen LogP contribution in [0.1, 0.15) is 16.7 Å². The number of carbonyl (C=O) groups is 1. The van der Waals surface area contributed by atoms with Gasteiger partial charge in [0.2, 0.25) is 5.78 Å². The van der Waals surface area contributed by atoms with Gasteiger partial charge in [0, 0.05) is 5.56 Å². The van der Waals surface area contributed by atoms with Gasteiger partial charge in [-0.05, 0) is 30.7 Å². The average Bonchev–Trinajstić information content (AvgIpc) is 2.44. The van der Waals surface area contributed by atoms with Crippen molar-refractivity contribution in [3.8, 4) is 0 Å². The van der Waals surface area contributed by atoms with E-state index in [0.717, 1.165) is 16.8 Å². The number of rotatable bonds is 1. The topological polar surface area (TPSA) is 29.4 Å². The molecule has 0 bridgehead atoms. The largest absolute Gasteiger partial charge is 0.288 e. The quantitative estimate of drug-likeness (QED) is 0.755. The summed E-state index contributed by atoms with van der Waals surface area (Å²) < 4.78 is 0. The van der Waals surface area contributed by atoms with Gasteiger partial charge >= 0.3 is 0 Å². The summed E-state index contributed by atoms with van der Waals surface area (Å²) in [4.78, 5) is 16.5. The van der Waals surface area contributed by atoms with E-state index in [1.54, 1.807) is 6.08 Å². The van der Waals surface area contributed by atoms with Gasteiger partial charge in [-0.3, -0.25) is 4.79 Å². The van der Waals surface area contributed by atoms with E-state index in [2.05, 4.69) is 4.99 Å². The third kappa shape index (κ3) is 2.25. The molecule has 0 radical (unpaired) electrons. The van der Waals surface area contributed by atoms with Gasteiger partial charge < -0.3 is 0 Å². The van der Waals surface area contributed by atoms with E-state index < -0.39 is 0 Å². The van der Waals surface area contributed by atoms with E-state index in [1.807, 2.05) is 61.5 Å². The van der Waals surface area contributed by atoms with E-state index in [-0.39, 0.29) is 5.78 Å². The van der Waals surface area contributed by atoms with Crippen molar-refractivity contribution in [2.24, 2.45) is 4.99 Å². The van der Waals surface area contributed by atoms with Gasteiger partial charge in [-0.2, -0.15) is 0 Å². The summed E-state index contributed by atoms with van der Waals surface area (Å²) in [5, 5.41) is 0. The first-order chi connectivity index (χ1) is 9.24. The Labute approximate surface area is 112 Å². The molecule has 0 saturated heterocycles. The Hall–Kier alpha value is -2.48. The maximum atomic E-state index is 12.0. The minimum atomic E-state index is -0.0423. The smallest absolute Gasteiger partial charge is 0.204 e. The molecule has 92 valence electrons. The van der Waals surface area contributed by atoms with Gasteiger partial charge in [-0.15, -0.1) is 0 Å². The van der Waals surface area contributed by atoms with Crippen molar-refractivity contribution >= 4 is 23.3 Å². The van der Waals surface area contributed by atoms with Gasteiger partial charge in [0.05, 0.1) is 5.69 Å². The molecule has 0 aromatic heterocycles. The molecule has 0 fully saturated rings. The Balaban J connectivity index is 2.11. The Kier molecular flexibility index (Phi) is 2.84. The predicted molar refractivity (Wildman–Crippen MR) is 77.9 cm³/mol. The van der Waals surface area contributed by atoms with E-state index in [1.165, 1.54) is 5.56 Å². The van der Waals surface area contributed by atoms with E-state index in [4.69, 9.17) is 0 Å². The molecule has 1 aliphatic carbocycles. The summed E-state index contributed by atoms with van der Waals surface area (Å²) >= 11 is 0. The van der Waals surface area contributed by atoms with Gasteiger partial charge in [0.15, 0.2) is 0 Å². The van der Waals surface area contributed by atoms with Gasteiger partial charge in [0.1, 0.15) is 5.71 Å². The molecule has 2 nitrogen and oxygen atoms in total. The molecule has 2 aromatic carbocycles. The lowest BCUT2D eigenvalue weighted by Gasteiger charge is -2.11. The number of fused-ring (bicyclic) bond motifs is 1. The summed E-state index contributed by atoms with van der Waals surface area (Å²) in [7, 11) is 0. The summed E-state index contributed by atoms with van der Waals surface area (Å²) in [6.07, 6.45) is 3.42. The van der Waals surface area contributed by atoms with Crippen LogP contribution in [-0.4, -0.2) is 11.5 Å². The number of hydrogen-bond donors (Lipinski definition) is 0. The zero-order chi connectivity index (χ0) is 13.2.